The zero-order valence-corrected chi connectivity index (χ0v) is 10.2. The van der Waals surface area contributed by atoms with E-state index in [0.29, 0.717) is 12.3 Å². The van der Waals surface area contributed by atoms with Crippen LogP contribution in [0.3, 0.4) is 0 Å². The third-order valence-electron chi connectivity index (χ3n) is 4.01. The first-order valence-electron chi connectivity index (χ1n) is 6.27. The van der Waals surface area contributed by atoms with Gasteiger partial charge in [-0.1, -0.05) is 38.3 Å². The molecule has 1 saturated carbocycles. The van der Waals surface area contributed by atoms with E-state index in [1.807, 2.05) is 0 Å². The van der Waals surface area contributed by atoms with E-state index < -0.39 is 0 Å². The van der Waals surface area contributed by atoms with Gasteiger partial charge in [0, 0.05) is 11.3 Å². The van der Waals surface area contributed by atoms with Gasteiger partial charge in [-0.2, -0.15) is 5.26 Å². The summed E-state index contributed by atoms with van der Waals surface area (Å²) in [6.07, 6.45) is 6.84. The van der Waals surface area contributed by atoms with Gasteiger partial charge in [-0.25, -0.2) is 0 Å². The molecule has 0 amide bonds. The summed E-state index contributed by atoms with van der Waals surface area (Å²) < 4.78 is 0. The van der Waals surface area contributed by atoms with Crippen LogP contribution in [0, 0.1) is 22.7 Å². The Hall–Kier alpha value is -1.04. The summed E-state index contributed by atoms with van der Waals surface area (Å²) in [5.74, 6) is 0.590. The van der Waals surface area contributed by atoms with Gasteiger partial charge in [-0.15, -0.1) is 0 Å². The molecule has 88 valence electrons. The summed E-state index contributed by atoms with van der Waals surface area (Å²) in [6, 6.07) is 2.19. The lowest BCUT2D eigenvalue weighted by molar-refractivity contribution is 0.0401. The predicted octanol–water partition coefficient (Wildman–Crippen LogP) is 3.26. The van der Waals surface area contributed by atoms with E-state index in [1.54, 1.807) is 0 Å². The van der Waals surface area contributed by atoms with Gasteiger partial charge in [-0.05, 0) is 12.8 Å². The molecule has 16 heavy (non-hydrogen) atoms. The molecule has 0 saturated heterocycles. The maximum absolute atomic E-state index is 8.77. The Kier molecular flexibility index (Phi) is 3.18. The van der Waals surface area contributed by atoms with E-state index in [0.717, 1.165) is 0 Å². The Morgan fingerprint density at radius 2 is 2.06 bits per heavy atom. The Morgan fingerprint density at radius 1 is 1.38 bits per heavy atom. The van der Waals surface area contributed by atoms with Crippen molar-refractivity contribution in [3.8, 4) is 6.07 Å². The predicted molar refractivity (Wildman–Crippen MR) is 62.9 cm³/mol. The summed E-state index contributed by atoms with van der Waals surface area (Å²) in [5.41, 5.74) is 1.14. The van der Waals surface area contributed by atoms with E-state index in [9.17, 15) is 0 Å². The van der Waals surface area contributed by atoms with Gasteiger partial charge < -0.3 is 4.84 Å². The molecule has 1 aliphatic heterocycles. The molecule has 0 N–H and O–H groups in total. The monoisotopic (exact) mass is 220 g/mol. The SMILES string of the molecule is CC1(C)C(C2CCCCC2)=NOC1CC#N. The van der Waals surface area contributed by atoms with Gasteiger partial charge in [0.1, 0.15) is 0 Å². The zero-order chi connectivity index (χ0) is 11.6. The lowest BCUT2D eigenvalue weighted by Gasteiger charge is -2.30. The number of hydrogen-bond donors (Lipinski definition) is 0. The first-order chi connectivity index (χ1) is 7.66. The van der Waals surface area contributed by atoms with Gasteiger partial charge in [0.2, 0.25) is 0 Å². The summed E-state index contributed by atoms with van der Waals surface area (Å²) in [6.45, 7) is 4.32. The molecule has 2 rings (SSSR count). The van der Waals surface area contributed by atoms with E-state index in [-0.39, 0.29) is 11.5 Å². The average Bonchev–Trinajstić information content (AvgIpc) is 2.57. The number of nitriles is 1. The quantitative estimate of drug-likeness (QED) is 0.717. The lowest BCUT2D eigenvalue weighted by atomic mass is 9.72. The maximum atomic E-state index is 8.77. The van der Waals surface area contributed by atoms with Crippen LogP contribution in [-0.4, -0.2) is 11.8 Å². The first kappa shape index (κ1) is 11.4. The van der Waals surface area contributed by atoms with E-state index >= 15 is 0 Å². The fourth-order valence-corrected chi connectivity index (χ4v) is 2.89. The smallest absolute Gasteiger partial charge is 0.150 e. The second-order valence-corrected chi connectivity index (χ2v) is 5.49. The molecule has 0 radical (unpaired) electrons. The molecular weight excluding hydrogens is 200 g/mol. The van der Waals surface area contributed by atoms with Crippen molar-refractivity contribution in [1.82, 2.24) is 0 Å². The molecule has 1 aliphatic carbocycles. The summed E-state index contributed by atoms with van der Waals surface area (Å²) >= 11 is 0. The minimum atomic E-state index is -0.0578. The van der Waals surface area contributed by atoms with Crippen molar-refractivity contribution in [2.24, 2.45) is 16.5 Å². The second kappa shape index (κ2) is 4.45. The van der Waals surface area contributed by atoms with E-state index in [1.165, 1.54) is 37.8 Å². The Labute approximate surface area is 97.5 Å². The van der Waals surface area contributed by atoms with Crippen LogP contribution in [0.5, 0.6) is 0 Å². The highest BCUT2D eigenvalue weighted by Gasteiger charge is 2.44. The molecule has 0 aromatic heterocycles. The third-order valence-corrected chi connectivity index (χ3v) is 4.01. The van der Waals surface area contributed by atoms with Crippen molar-refractivity contribution < 1.29 is 4.84 Å². The van der Waals surface area contributed by atoms with Gasteiger partial charge in [0.15, 0.2) is 6.10 Å². The second-order valence-electron chi connectivity index (χ2n) is 5.49. The molecule has 0 spiro atoms. The Morgan fingerprint density at radius 3 is 2.69 bits per heavy atom. The summed E-state index contributed by atoms with van der Waals surface area (Å²) in [7, 11) is 0. The van der Waals surface area contributed by atoms with Crippen LogP contribution in [0.25, 0.3) is 0 Å². The summed E-state index contributed by atoms with van der Waals surface area (Å²) in [5, 5.41) is 13.1. The third kappa shape index (κ3) is 1.93. The Bertz CT molecular complexity index is 321. The van der Waals surface area contributed by atoms with Crippen LogP contribution in [0.2, 0.25) is 0 Å². The lowest BCUT2D eigenvalue weighted by Crippen LogP contribution is -2.37. The standard InChI is InChI=1S/C13H20N2O/c1-13(2)11(8-9-14)16-15-12(13)10-6-4-3-5-7-10/h10-11H,3-8H2,1-2H3. The number of rotatable bonds is 2. The number of hydrogen-bond acceptors (Lipinski definition) is 3. The normalized spacial score (nSPS) is 29.3. The van der Waals surface area contributed by atoms with Gasteiger partial charge >= 0.3 is 0 Å². The van der Waals surface area contributed by atoms with E-state index in [2.05, 4.69) is 25.1 Å². The van der Waals surface area contributed by atoms with E-state index in [4.69, 9.17) is 10.1 Å². The topological polar surface area (TPSA) is 45.4 Å². The van der Waals surface area contributed by atoms with Crippen LogP contribution >= 0.6 is 0 Å². The van der Waals surface area contributed by atoms with Gasteiger partial charge in [0.05, 0.1) is 18.2 Å². The van der Waals surface area contributed by atoms with Gasteiger partial charge in [0.25, 0.3) is 0 Å². The maximum Gasteiger partial charge on any atom is 0.150 e. The van der Waals surface area contributed by atoms with Crippen LogP contribution in [0.15, 0.2) is 5.16 Å². The van der Waals surface area contributed by atoms with Crippen molar-refractivity contribution in [3.63, 3.8) is 0 Å². The van der Waals surface area contributed by atoms with Crippen LogP contribution in [0.1, 0.15) is 52.4 Å². The van der Waals surface area contributed by atoms with Crippen molar-refractivity contribution in [3.05, 3.63) is 0 Å². The van der Waals surface area contributed by atoms with Crippen molar-refractivity contribution in [2.75, 3.05) is 0 Å². The molecule has 2 aliphatic rings. The Balaban J connectivity index is 2.08. The highest BCUT2D eigenvalue weighted by molar-refractivity contribution is 5.93. The molecule has 1 atom stereocenters. The molecule has 0 aromatic carbocycles. The fraction of sp³-hybridized carbons (Fsp3) is 0.846. The highest BCUT2D eigenvalue weighted by Crippen LogP contribution is 2.40. The summed E-state index contributed by atoms with van der Waals surface area (Å²) in [4.78, 5) is 5.44. The van der Waals surface area contributed by atoms with Crippen LogP contribution < -0.4 is 0 Å². The molecule has 1 unspecified atom stereocenters. The molecule has 3 heteroatoms. The van der Waals surface area contributed by atoms with Crippen molar-refractivity contribution in [1.29, 1.82) is 5.26 Å². The molecular formula is C13H20N2O. The molecule has 1 heterocycles. The largest absolute Gasteiger partial charge is 0.390 e. The highest BCUT2D eigenvalue weighted by atomic mass is 16.6. The fourth-order valence-electron chi connectivity index (χ4n) is 2.89. The molecule has 0 bridgehead atoms. The van der Waals surface area contributed by atoms with Gasteiger partial charge in [-0.3, -0.25) is 0 Å². The minimum absolute atomic E-state index is 0.0468. The average molecular weight is 220 g/mol. The first-order valence-corrected chi connectivity index (χ1v) is 6.27. The van der Waals surface area contributed by atoms with Crippen molar-refractivity contribution >= 4 is 5.71 Å². The van der Waals surface area contributed by atoms with Crippen LogP contribution in [-0.2, 0) is 4.84 Å². The number of oxime groups is 1. The molecule has 1 fully saturated rings. The number of nitrogens with zero attached hydrogens (tertiary/aromatic N) is 2. The minimum Gasteiger partial charge on any atom is -0.390 e. The molecule has 0 aromatic rings. The van der Waals surface area contributed by atoms with Crippen LogP contribution in [0.4, 0.5) is 0 Å². The zero-order valence-electron chi connectivity index (χ0n) is 10.2. The molecule has 3 nitrogen and oxygen atoms in total. The van der Waals surface area contributed by atoms with Crippen molar-refractivity contribution in [2.45, 2.75) is 58.5 Å².